The number of rotatable bonds is 4. The van der Waals surface area contributed by atoms with Gasteiger partial charge < -0.3 is 20.1 Å². The van der Waals surface area contributed by atoms with E-state index in [4.69, 9.17) is 9.47 Å². The molecular weight excluding hydrogens is 332 g/mol. The third kappa shape index (κ3) is 3.19. The van der Waals surface area contributed by atoms with E-state index in [9.17, 15) is 13.6 Å². The van der Waals surface area contributed by atoms with Crippen molar-refractivity contribution < 1.29 is 23.0 Å². The molecule has 1 aliphatic heterocycles. The molecule has 130 valence electrons. The first-order chi connectivity index (χ1) is 11.9. The summed E-state index contributed by atoms with van der Waals surface area (Å²) in [5.41, 5.74) is 0.0205. The summed E-state index contributed by atoms with van der Waals surface area (Å²) in [6, 6.07) is 4.54. The van der Waals surface area contributed by atoms with Gasteiger partial charge in [-0.1, -0.05) is 0 Å². The molecule has 2 aromatic rings. The van der Waals surface area contributed by atoms with Gasteiger partial charge in [-0.05, 0) is 31.9 Å². The van der Waals surface area contributed by atoms with Gasteiger partial charge in [-0.3, -0.25) is 4.79 Å². The Morgan fingerprint density at radius 1 is 1.16 bits per heavy atom. The quantitative estimate of drug-likeness (QED) is 0.889. The van der Waals surface area contributed by atoms with Crippen LogP contribution in [0.25, 0.3) is 0 Å². The van der Waals surface area contributed by atoms with Crippen LogP contribution >= 0.6 is 0 Å². The van der Waals surface area contributed by atoms with Gasteiger partial charge in [0.25, 0.3) is 5.91 Å². The van der Waals surface area contributed by atoms with Gasteiger partial charge in [-0.25, -0.2) is 13.8 Å². The first-order valence-electron chi connectivity index (χ1n) is 7.78. The first kappa shape index (κ1) is 15.6. The smallest absolute Gasteiger partial charge is 0.274 e. The molecule has 1 aliphatic carbocycles. The summed E-state index contributed by atoms with van der Waals surface area (Å²) in [7, 11) is 0. The number of benzene rings is 1. The average molecular weight is 347 g/mol. The molecule has 1 aromatic heterocycles. The van der Waals surface area contributed by atoms with E-state index < -0.39 is 11.6 Å². The summed E-state index contributed by atoms with van der Waals surface area (Å²) in [5.74, 6) is -0.986. The van der Waals surface area contributed by atoms with Crippen molar-refractivity contribution in [3.63, 3.8) is 0 Å². The standard InChI is InChI=1S/C17H15F2N3O3/c1-17(2-3-17)22-16(23)14-15-12(24-8-25-15)7-13(21-14)20-11-5-9(18)4-10(19)6-11/h4-7H,2-3,8H2,1H3,(H,20,21)(H,22,23). The van der Waals surface area contributed by atoms with Crippen LogP contribution < -0.4 is 20.1 Å². The van der Waals surface area contributed by atoms with Crippen LogP contribution in [-0.4, -0.2) is 23.2 Å². The molecule has 0 saturated heterocycles. The zero-order valence-electron chi connectivity index (χ0n) is 13.4. The Kier molecular flexibility index (Phi) is 3.48. The maximum Gasteiger partial charge on any atom is 0.274 e. The Balaban J connectivity index is 1.66. The lowest BCUT2D eigenvalue weighted by atomic mass is 10.2. The number of hydrogen-bond acceptors (Lipinski definition) is 5. The Morgan fingerprint density at radius 3 is 2.56 bits per heavy atom. The zero-order chi connectivity index (χ0) is 17.6. The van der Waals surface area contributed by atoms with Gasteiger partial charge in [0, 0.05) is 23.4 Å². The highest BCUT2D eigenvalue weighted by atomic mass is 19.1. The number of anilines is 2. The Bertz CT molecular complexity index is 848. The summed E-state index contributed by atoms with van der Waals surface area (Å²) in [6.07, 6.45) is 1.80. The number of pyridine rings is 1. The Hall–Kier alpha value is -2.90. The van der Waals surface area contributed by atoms with Crippen LogP contribution in [0.3, 0.4) is 0 Å². The second-order valence-corrected chi connectivity index (χ2v) is 6.39. The number of nitrogens with one attached hydrogen (secondary N) is 2. The van der Waals surface area contributed by atoms with Crippen molar-refractivity contribution in [3.8, 4) is 11.5 Å². The van der Waals surface area contributed by atoms with Crippen molar-refractivity contribution >= 4 is 17.4 Å². The molecule has 6 nitrogen and oxygen atoms in total. The molecular formula is C17H15F2N3O3. The van der Waals surface area contributed by atoms with Gasteiger partial charge in [0.05, 0.1) is 0 Å². The largest absolute Gasteiger partial charge is 0.453 e. The van der Waals surface area contributed by atoms with Gasteiger partial charge >= 0.3 is 0 Å². The topological polar surface area (TPSA) is 72.5 Å². The molecule has 2 N–H and O–H groups in total. The number of carbonyl (C=O) groups excluding carboxylic acids is 1. The molecule has 25 heavy (non-hydrogen) atoms. The van der Waals surface area contributed by atoms with Crippen molar-refractivity contribution in [1.29, 1.82) is 0 Å². The van der Waals surface area contributed by atoms with Crippen molar-refractivity contribution in [3.05, 3.63) is 41.6 Å². The number of nitrogens with zero attached hydrogens (tertiary/aromatic N) is 1. The number of halogens is 2. The van der Waals surface area contributed by atoms with Crippen LogP contribution in [0.4, 0.5) is 20.3 Å². The predicted octanol–water partition coefficient (Wildman–Crippen LogP) is 3.11. The third-order valence-electron chi connectivity index (χ3n) is 4.12. The number of carbonyl (C=O) groups is 1. The third-order valence-corrected chi connectivity index (χ3v) is 4.12. The molecule has 1 aromatic carbocycles. The summed E-state index contributed by atoms with van der Waals surface area (Å²) < 4.78 is 37.3. The average Bonchev–Trinajstić information content (AvgIpc) is 3.06. The summed E-state index contributed by atoms with van der Waals surface area (Å²) in [6.45, 7) is 1.92. The Labute approximate surface area is 142 Å². The molecule has 0 atom stereocenters. The van der Waals surface area contributed by atoms with Gasteiger partial charge in [0.15, 0.2) is 17.2 Å². The van der Waals surface area contributed by atoms with Crippen molar-refractivity contribution in [1.82, 2.24) is 10.3 Å². The molecule has 4 rings (SSSR count). The van der Waals surface area contributed by atoms with E-state index in [1.165, 1.54) is 6.07 Å². The molecule has 0 spiro atoms. The SMILES string of the molecule is CC1(NC(=O)c2nc(Nc3cc(F)cc(F)c3)cc3c2OCO3)CC1. The molecule has 0 bridgehead atoms. The summed E-state index contributed by atoms with van der Waals surface area (Å²) in [5, 5.41) is 5.68. The minimum Gasteiger partial charge on any atom is -0.453 e. The molecule has 0 radical (unpaired) electrons. The van der Waals surface area contributed by atoms with E-state index in [0.29, 0.717) is 5.75 Å². The molecule has 1 saturated carbocycles. The lowest BCUT2D eigenvalue weighted by molar-refractivity contribution is 0.0925. The van der Waals surface area contributed by atoms with Gasteiger partial charge in [0.2, 0.25) is 6.79 Å². The number of fused-ring (bicyclic) bond motifs is 1. The second kappa shape index (κ2) is 5.58. The Morgan fingerprint density at radius 2 is 1.88 bits per heavy atom. The zero-order valence-corrected chi connectivity index (χ0v) is 13.4. The van der Waals surface area contributed by atoms with E-state index >= 15 is 0 Å². The highest BCUT2D eigenvalue weighted by Gasteiger charge is 2.40. The predicted molar refractivity (Wildman–Crippen MR) is 85.1 cm³/mol. The van der Waals surface area contributed by atoms with E-state index in [0.717, 1.165) is 31.0 Å². The number of hydrogen-bond donors (Lipinski definition) is 2. The van der Waals surface area contributed by atoms with Crippen LogP contribution in [0.1, 0.15) is 30.3 Å². The second-order valence-electron chi connectivity index (χ2n) is 6.39. The highest BCUT2D eigenvalue weighted by Crippen LogP contribution is 2.39. The lowest BCUT2D eigenvalue weighted by Crippen LogP contribution is -2.35. The fourth-order valence-electron chi connectivity index (χ4n) is 2.55. The number of ether oxygens (including phenoxy) is 2. The fraction of sp³-hybridized carbons (Fsp3) is 0.294. The maximum atomic E-state index is 13.3. The number of aromatic nitrogens is 1. The van der Waals surface area contributed by atoms with Gasteiger partial charge in [0.1, 0.15) is 17.5 Å². The molecule has 2 heterocycles. The van der Waals surface area contributed by atoms with Crippen LogP contribution in [0, 0.1) is 11.6 Å². The fourth-order valence-corrected chi connectivity index (χ4v) is 2.55. The molecule has 2 aliphatic rings. The maximum absolute atomic E-state index is 13.3. The lowest BCUT2D eigenvalue weighted by Gasteiger charge is -2.14. The van der Waals surface area contributed by atoms with E-state index in [-0.39, 0.29) is 41.2 Å². The highest BCUT2D eigenvalue weighted by molar-refractivity contribution is 5.97. The van der Waals surface area contributed by atoms with E-state index in [1.807, 2.05) is 6.92 Å². The van der Waals surface area contributed by atoms with Crippen molar-refractivity contribution in [2.45, 2.75) is 25.3 Å². The minimum atomic E-state index is -0.720. The molecule has 8 heteroatoms. The summed E-state index contributed by atoms with van der Waals surface area (Å²) >= 11 is 0. The molecule has 1 fully saturated rings. The van der Waals surface area contributed by atoms with Gasteiger partial charge in [-0.2, -0.15) is 0 Å². The first-order valence-corrected chi connectivity index (χ1v) is 7.78. The molecule has 0 unspecified atom stereocenters. The van der Waals surface area contributed by atoms with Crippen molar-refractivity contribution in [2.24, 2.45) is 0 Å². The van der Waals surface area contributed by atoms with Crippen molar-refractivity contribution in [2.75, 3.05) is 12.1 Å². The van der Waals surface area contributed by atoms with Crippen LogP contribution in [-0.2, 0) is 0 Å². The summed E-state index contributed by atoms with van der Waals surface area (Å²) in [4.78, 5) is 16.8. The monoisotopic (exact) mass is 347 g/mol. The minimum absolute atomic E-state index is 0.0212. The van der Waals surface area contributed by atoms with E-state index in [1.54, 1.807) is 0 Å². The van der Waals surface area contributed by atoms with Crippen LogP contribution in [0.15, 0.2) is 24.3 Å². The van der Waals surface area contributed by atoms with Crippen LogP contribution in [0.2, 0.25) is 0 Å². The van der Waals surface area contributed by atoms with Crippen LogP contribution in [0.5, 0.6) is 11.5 Å². The molecule has 1 amide bonds. The van der Waals surface area contributed by atoms with Gasteiger partial charge in [-0.15, -0.1) is 0 Å². The normalized spacial score (nSPS) is 16.4. The van der Waals surface area contributed by atoms with E-state index in [2.05, 4.69) is 15.6 Å². The number of amides is 1.